The lowest BCUT2D eigenvalue weighted by molar-refractivity contribution is -0.142. The van der Waals surface area contributed by atoms with Gasteiger partial charge in [0.05, 0.1) is 5.92 Å². The van der Waals surface area contributed by atoms with E-state index in [0.717, 1.165) is 18.4 Å². The average Bonchev–Trinajstić information content (AvgIpc) is 2.29. The van der Waals surface area contributed by atoms with Crippen LogP contribution in [0.1, 0.15) is 24.8 Å². The number of nitrogens with zero attached hydrogens (tertiary/aromatic N) is 1. The molecule has 0 bridgehead atoms. The molecule has 4 nitrogen and oxygen atoms in total. The van der Waals surface area contributed by atoms with Gasteiger partial charge in [0.2, 0.25) is 0 Å². The van der Waals surface area contributed by atoms with Gasteiger partial charge in [0.25, 0.3) is 0 Å². The van der Waals surface area contributed by atoms with Crippen LogP contribution >= 0.6 is 0 Å². The molecule has 1 aromatic rings. The van der Waals surface area contributed by atoms with Gasteiger partial charge in [0, 0.05) is 12.4 Å². The van der Waals surface area contributed by atoms with Crippen molar-refractivity contribution in [1.82, 2.24) is 4.98 Å². The Morgan fingerprint density at radius 3 is 2.88 bits per heavy atom. The zero-order valence-electron chi connectivity index (χ0n) is 9.30. The lowest BCUT2D eigenvalue weighted by Crippen LogP contribution is -2.17. The van der Waals surface area contributed by atoms with Crippen LogP contribution in [0.15, 0.2) is 24.5 Å². The van der Waals surface area contributed by atoms with Crippen LogP contribution in [0.4, 0.5) is 0 Å². The Labute approximate surface area is 95.5 Å². The minimum Gasteiger partial charge on any atom is -0.481 e. The maximum absolute atomic E-state index is 11.0. The minimum atomic E-state index is -0.735. The molecule has 0 fully saturated rings. The van der Waals surface area contributed by atoms with Crippen LogP contribution < -0.4 is 5.73 Å². The first kappa shape index (κ1) is 12.6. The van der Waals surface area contributed by atoms with Crippen LogP contribution in [0.25, 0.3) is 0 Å². The van der Waals surface area contributed by atoms with Crippen molar-refractivity contribution in [1.29, 1.82) is 0 Å². The van der Waals surface area contributed by atoms with Gasteiger partial charge in [-0.25, -0.2) is 0 Å². The largest absolute Gasteiger partial charge is 0.481 e. The molecule has 0 amide bonds. The summed E-state index contributed by atoms with van der Waals surface area (Å²) in [7, 11) is 0. The van der Waals surface area contributed by atoms with Crippen molar-refractivity contribution in [3.05, 3.63) is 30.1 Å². The number of aromatic nitrogens is 1. The Bertz CT molecular complexity index is 314. The molecule has 0 aliphatic carbocycles. The molecule has 0 radical (unpaired) electrons. The first-order chi connectivity index (χ1) is 7.74. The Kier molecular flexibility index (Phi) is 5.50. The van der Waals surface area contributed by atoms with Crippen LogP contribution in [0, 0.1) is 5.92 Å². The third-order valence-electron chi connectivity index (χ3n) is 2.56. The van der Waals surface area contributed by atoms with Crippen molar-refractivity contribution in [3.8, 4) is 0 Å². The second-order valence-corrected chi connectivity index (χ2v) is 3.89. The van der Waals surface area contributed by atoms with Crippen molar-refractivity contribution in [2.24, 2.45) is 11.7 Å². The third kappa shape index (κ3) is 4.40. The van der Waals surface area contributed by atoms with E-state index in [1.165, 1.54) is 0 Å². The summed E-state index contributed by atoms with van der Waals surface area (Å²) in [5, 5.41) is 9.08. The lowest BCUT2D eigenvalue weighted by Gasteiger charge is -2.11. The number of hydrogen-bond acceptors (Lipinski definition) is 3. The topological polar surface area (TPSA) is 76.2 Å². The van der Waals surface area contributed by atoms with E-state index < -0.39 is 5.97 Å². The van der Waals surface area contributed by atoms with Gasteiger partial charge < -0.3 is 10.8 Å². The number of aliphatic carboxylic acids is 1. The molecule has 16 heavy (non-hydrogen) atoms. The van der Waals surface area contributed by atoms with Crippen molar-refractivity contribution < 1.29 is 9.90 Å². The second kappa shape index (κ2) is 6.95. The van der Waals surface area contributed by atoms with Crippen LogP contribution in [0.3, 0.4) is 0 Å². The van der Waals surface area contributed by atoms with E-state index in [9.17, 15) is 4.79 Å². The standard InChI is InChI=1S/C12H18N2O2/c13-6-2-1-5-11(12(15)16)8-10-4-3-7-14-9-10/h3-4,7,9,11H,1-2,5-6,8,13H2,(H,15,16). The van der Waals surface area contributed by atoms with Gasteiger partial charge in [0.15, 0.2) is 0 Å². The van der Waals surface area contributed by atoms with Crippen molar-refractivity contribution in [3.63, 3.8) is 0 Å². The summed E-state index contributed by atoms with van der Waals surface area (Å²) in [5.41, 5.74) is 6.36. The number of unbranched alkanes of at least 4 members (excludes halogenated alkanes) is 1. The molecule has 1 aromatic heterocycles. The number of carboxylic acids is 1. The third-order valence-corrected chi connectivity index (χ3v) is 2.56. The number of nitrogens with two attached hydrogens (primary N) is 1. The second-order valence-electron chi connectivity index (χ2n) is 3.89. The molecule has 0 saturated carbocycles. The summed E-state index contributed by atoms with van der Waals surface area (Å²) in [6.07, 6.45) is 6.40. The summed E-state index contributed by atoms with van der Waals surface area (Å²) in [6.45, 7) is 0.624. The molecule has 0 aromatic carbocycles. The van der Waals surface area contributed by atoms with Gasteiger partial charge >= 0.3 is 5.97 Å². The summed E-state index contributed by atoms with van der Waals surface area (Å²) < 4.78 is 0. The molecule has 1 heterocycles. The minimum absolute atomic E-state index is 0.323. The molecule has 0 aliphatic rings. The number of pyridine rings is 1. The summed E-state index contributed by atoms with van der Waals surface area (Å²) >= 11 is 0. The van der Waals surface area contributed by atoms with E-state index in [2.05, 4.69) is 4.98 Å². The summed E-state index contributed by atoms with van der Waals surface area (Å²) in [5.74, 6) is -1.06. The van der Waals surface area contributed by atoms with Gasteiger partial charge in [-0.05, 0) is 37.4 Å². The number of carbonyl (C=O) groups is 1. The maximum atomic E-state index is 11.0. The molecule has 88 valence electrons. The average molecular weight is 222 g/mol. The molecule has 0 saturated heterocycles. The quantitative estimate of drug-likeness (QED) is 0.685. The fourth-order valence-electron chi connectivity index (χ4n) is 1.65. The molecular formula is C12H18N2O2. The summed E-state index contributed by atoms with van der Waals surface area (Å²) in [6, 6.07) is 3.74. The van der Waals surface area contributed by atoms with Crippen molar-refractivity contribution in [2.75, 3.05) is 6.54 Å². The molecule has 3 N–H and O–H groups in total. The predicted molar refractivity (Wildman–Crippen MR) is 62.0 cm³/mol. The lowest BCUT2D eigenvalue weighted by atomic mass is 9.95. The van der Waals surface area contributed by atoms with Gasteiger partial charge in [-0.3, -0.25) is 9.78 Å². The molecular weight excluding hydrogens is 204 g/mol. The van der Waals surface area contributed by atoms with Gasteiger partial charge in [0.1, 0.15) is 0 Å². The molecule has 4 heteroatoms. The highest BCUT2D eigenvalue weighted by molar-refractivity contribution is 5.70. The highest BCUT2D eigenvalue weighted by Crippen LogP contribution is 2.14. The van der Waals surface area contributed by atoms with E-state index in [1.807, 2.05) is 12.1 Å². The monoisotopic (exact) mass is 222 g/mol. The highest BCUT2D eigenvalue weighted by Gasteiger charge is 2.17. The zero-order chi connectivity index (χ0) is 11.8. The first-order valence-corrected chi connectivity index (χ1v) is 5.56. The van der Waals surface area contributed by atoms with E-state index in [1.54, 1.807) is 12.4 Å². The van der Waals surface area contributed by atoms with Crippen molar-refractivity contribution >= 4 is 5.97 Å². The molecule has 0 spiro atoms. The fraction of sp³-hybridized carbons (Fsp3) is 0.500. The highest BCUT2D eigenvalue weighted by atomic mass is 16.4. The maximum Gasteiger partial charge on any atom is 0.306 e. The van der Waals surface area contributed by atoms with E-state index >= 15 is 0 Å². The number of carboxylic acid groups (broad SMARTS) is 1. The van der Waals surface area contributed by atoms with Gasteiger partial charge in [-0.1, -0.05) is 12.5 Å². The van der Waals surface area contributed by atoms with E-state index in [-0.39, 0.29) is 5.92 Å². The number of hydrogen-bond donors (Lipinski definition) is 2. The molecule has 1 rings (SSSR count). The Morgan fingerprint density at radius 1 is 1.50 bits per heavy atom. The Balaban J connectivity index is 2.48. The zero-order valence-corrected chi connectivity index (χ0v) is 9.30. The molecule has 1 atom stereocenters. The number of rotatable bonds is 7. The van der Waals surface area contributed by atoms with Crippen LogP contribution in [-0.2, 0) is 11.2 Å². The summed E-state index contributed by atoms with van der Waals surface area (Å²) in [4.78, 5) is 15.0. The van der Waals surface area contributed by atoms with E-state index in [0.29, 0.717) is 19.4 Å². The van der Waals surface area contributed by atoms with Crippen LogP contribution in [0.2, 0.25) is 0 Å². The van der Waals surface area contributed by atoms with Crippen molar-refractivity contribution in [2.45, 2.75) is 25.7 Å². The molecule has 1 unspecified atom stereocenters. The fourth-order valence-corrected chi connectivity index (χ4v) is 1.65. The molecule has 0 aliphatic heterocycles. The van der Waals surface area contributed by atoms with Gasteiger partial charge in [-0.15, -0.1) is 0 Å². The Morgan fingerprint density at radius 2 is 2.31 bits per heavy atom. The van der Waals surface area contributed by atoms with E-state index in [4.69, 9.17) is 10.8 Å². The van der Waals surface area contributed by atoms with Gasteiger partial charge in [-0.2, -0.15) is 0 Å². The smallest absolute Gasteiger partial charge is 0.306 e. The van der Waals surface area contributed by atoms with Crippen LogP contribution in [0.5, 0.6) is 0 Å². The van der Waals surface area contributed by atoms with Crippen LogP contribution in [-0.4, -0.2) is 22.6 Å². The first-order valence-electron chi connectivity index (χ1n) is 5.56. The predicted octanol–water partition coefficient (Wildman–Crippen LogP) is 1.45. The Hall–Kier alpha value is -1.42. The normalized spacial score (nSPS) is 12.3. The SMILES string of the molecule is NCCCCC(Cc1cccnc1)C(=O)O.